The van der Waals surface area contributed by atoms with Gasteiger partial charge < -0.3 is 14.6 Å². The number of nitro groups is 1. The fourth-order valence-electron chi connectivity index (χ4n) is 2.44. The molecule has 1 unspecified atom stereocenters. The number of nitrogens with zero attached hydrogens (tertiary/aromatic N) is 2. The summed E-state index contributed by atoms with van der Waals surface area (Å²) in [5, 5.41) is 13.9. The number of carbonyl (C=O) groups excluding carboxylic acids is 1. The highest BCUT2D eigenvalue weighted by Gasteiger charge is 2.24. The van der Waals surface area contributed by atoms with E-state index >= 15 is 0 Å². The highest BCUT2D eigenvalue weighted by atomic mass is 16.6. The number of amides is 1. The maximum atomic E-state index is 12.3. The number of hydrogen-bond acceptors (Lipinski definition) is 5. The first-order valence-corrected chi connectivity index (χ1v) is 6.86. The number of piperidine rings is 1. The second-order valence-electron chi connectivity index (χ2n) is 4.95. The zero-order chi connectivity index (χ0) is 14.5. The molecule has 0 bridgehead atoms. The zero-order valence-corrected chi connectivity index (χ0v) is 11.5. The first kappa shape index (κ1) is 14.5. The lowest BCUT2D eigenvalue weighted by Crippen LogP contribution is -2.40. The van der Waals surface area contributed by atoms with E-state index in [-0.39, 0.29) is 11.7 Å². The first-order valence-electron chi connectivity index (χ1n) is 6.86. The van der Waals surface area contributed by atoms with Gasteiger partial charge in [-0.25, -0.2) is 0 Å². The molecule has 0 aliphatic carbocycles. The Kier molecular flexibility index (Phi) is 4.73. The van der Waals surface area contributed by atoms with Crippen LogP contribution in [-0.4, -0.2) is 41.9 Å². The van der Waals surface area contributed by atoms with Gasteiger partial charge in [-0.05, 0) is 44.8 Å². The van der Waals surface area contributed by atoms with Crippen molar-refractivity contribution in [3.8, 4) is 0 Å². The van der Waals surface area contributed by atoms with Crippen molar-refractivity contribution in [2.45, 2.75) is 19.8 Å². The Labute approximate surface area is 117 Å². The summed E-state index contributed by atoms with van der Waals surface area (Å²) in [4.78, 5) is 23.9. The Balaban J connectivity index is 2.01. The number of carbonyl (C=O) groups is 1. The molecule has 2 heterocycles. The minimum absolute atomic E-state index is 0.0299. The van der Waals surface area contributed by atoms with E-state index in [2.05, 4.69) is 5.32 Å². The van der Waals surface area contributed by atoms with Crippen molar-refractivity contribution in [3.05, 3.63) is 28.0 Å². The molecule has 1 aromatic heterocycles. The Morgan fingerprint density at radius 3 is 2.95 bits per heavy atom. The summed E-state index contributed by atoms with van der Waals surface area (Å²) in [6.07, 6.45) is 2.21. The van der Waals surface area contributed by atoms with E-state index in [0.29, 0.717) is 19.0 Å². The molecule has 1 atom stereocenters. The smallest absolute Gasteiger partial charge is 0.395 e. The Morgan fingerprint density at radius 2 is 2.40 bits per heavy atom. The van der Waals surface area contributed by atoms with Gasteiger partial charge >= 0.3 is 5.88 Å². The van der Waals surface area contributed by atoms with Crippen molar-refractivity contribution in [2.75, 3.05) is 26.2 Å². The molecule has 0 radical (unpaired) electrons. The van der Waals surface area contributed by atoms with Crippen LogP contribution in [-0.2, 0) is 0 Å². The predicted octanol–water partition coefficient (Wildman–Crippen LogP) is 1.65. The SMILES string of the molecule is CCN(CC1CCCNC1)C(=O)c1ccc([N+](=O)[O-])o1. The third kappa shape index (κ3) is 3.36. The highest BCUT2D eigenvalue weighted by Crippen LogP contribution is 2.19. The predicted molar refractivity (Wildman–Crippen MR) is 72.5 cm³/mol. The quantitative estimate of drug-likeness (QED) is 0.655. The van der Waals surface area contributed by atoms with E-state index in [0.717, 1.165) is 25.9 Å². The first-order chi connectivity index (χ1) is 9.61. The van der Waals surface area contributed by atoms with Crippen LogP contribution in [0.1, 0.15) is 30.3 Å². The number of nitrogens with one attached hydrogen (secondary N) is 1. The molecule has 0 aromatic carbocycles. The molecular formula is C13H19N3O4. The third-order valence-electron chi connectivity index (χ3n) is 3.53. The number of furan rings is 1. The monoisotopic (exact) mass is 281 g/mol. The largest absolute Gasteiger partial charge is 0.433 e. The van der Waals surface area contributed by atoms with Gasteiger partial charge in [0.15, 0.2) is 5.76 Å². The van der Waals surface area contributed by atoms with E-state index < -0.39 is 10.8 Å². The van der Waals surface area contributed by atoms with Crippen molar-refractivity contribution in [1.82, 2.24) is 10.2 Å². The van der Waals surface area contributed by atoms with Crippen molar-refractivity contribution in [2.24, 2.45) is 5.92 Å². The molecule has 110 valence electrons. The Bertz CT molecular complexity index is 480. The van der Waals surface area contributed by atoms with Crippen molar-refractivity contribution >= 4 is 11.8 Å². The van der Waals surface area contributed by atoms with Crippen molar-refractivity contribution in [1.29, 1.82) is 0 Å². The summed E-state index contributed by atoms with van der Waals surface area (Å²) in [5.41, 5.74) is 0. The summed E-state index contributed by atoms with van der Waals surface area (Å²) < 4.78 is 4.97. The molecule has 20 heavy (non-hydrogen) atoms. The standard InChI is InChI=1S/C13H19N3O4/c1-2-15(9-10-4-3-7-14-8-10)13(17)11-5-6-12(20-11)16(18)19/h5-6,10,14H,2-4,7-9H2,1H3. The van der Waals surface area contributed by atoms with Crippen LogP contribution in [0.15, 0.2) is 16.5 Å². The second-order valence-corrected chi connectivity index (χ2v) is 4.95. The molecule has 7 heteroatoms. The van der Waals surface area contributed by atoms with Crippen LogP contribution in [0.2, 0.25) is 0 Å². The zero-order valence-electron chi connectivity index (χ0n) is 11.5. The molecule has 7 nitrogen and oxygen atoms in total. The van der Waals surface area contributed by atoms with Crippen molar-refractivity contribution in [3.63, 3.8) is 0 Å². The van der Waals surface area contributed by atoms with Gasteiger partial charge in [-0.3, -0.25) is 14.9 Å². The van der Waals surface area contributed by atoms with Crippen LogP contribution in [0, 0.1) is 16.0 Å². The summed E-state index contributed by atoms with van der Waals surface area (Å²) in [5.74, 6) is -0.227. The molecule has 1 aromatic rings. The summed E-state index contributed by atoms with van der Waals surface area (Å²) >= 11 is 0. The maximum absolute atomic E-state index is 12.3. The molecule has 1 fully saturated rings. The summed E-state index contributed by atoms with van der Waals surface area (Å²) in [6, 6.07) is 2.57. The molecule has 1 aliphatic heterocycles. The number of rotatable bonds is 5. The number of hydrogen-bond donors (Lipinski definition) is 1. The maximum Gasteiger partial charge on any atom is 0.433 e. The van der Waals surface area contributed by atoms with Gasteiger partial charge in [-0.15, -0.1) is 0 Å². The third-order valence-corrected chi connectivity index (χ3v) is 3.53. The lowest BCUT2D eigenvalue weighted by atomic mass is 9.99. The van der Waals surface area contributed by atoms with Gasteiger partial charge in [-0.1, -0.05) is 0 Å². The van der Waals surface area contributed by atoms with Gasteiger partial charge in [0.1, 0.15) is 4.92 Å². The van der Waals surface area contributed by atoms with Crippen LogP contribution >= 0.6 is 0 Å². The Morgan fingerprint density at radius 1 is 1.60 bits per heavy atom. The van der Waals surface area contributed by atoms with E-state index in [1.54, 1.807) is 4.90 Å². The van der Waals surface area contributed by atoms with Gasteiger partial charge in [0.25, 0.3) is 5.91 Å². The van der Waals surface area contributed by atoms with Crippen LogP contribution in [0.3, 0.4) is 0 Å². The minimum Gasteiger partial charge on any atom is -0.395 e. The average molecular weight is 281 g/mol. The fraction of sp³-hybridized carbons (Fsp3) is 0.615. The van der Waals surface area contributed by atoms with Crippen LogP contribution in [0.25, 0.3) is 0 Å². The van der Waals surface area contributed by atoms with E-state index in [4.69, 9.17) is 4.42 Å². The van der Waals surface area contributed by atoms with Gasteiger partial charge in [0.05, 0.1) is 6.07 Å². The second kappa shape index (κ2) is 6.51. The molecule has 0 saturated carbocycles. The molecule has 1 N–H and O–H groups in total. The molecule has 1 saturated heterocycles. The molecular weight excluding hydrogens is 262 g/mol. The van der Waals surface area contributed by atoms with Gasteiger partial charge in [-0.2, -0.15) is 0 Å². The molecule has 0 spiro atoms. The lowest BCUT2D eigenvalue weighted by molar-refractivity contribution is -0.402. The molecule has 1 aliphatic rings. The van der Waals surface area contributed by atoms with Gasteiger partial charge in [0, 0.05) is 13.1 Å². The summed E-state index contributed by atoms with van der Waals surface area (Å²) in [7, 11) is 0. The lowest BCUT2D eigenvalue weighted by Gasteiger charge is -2.28. The van der Waals surface area contributed by atoms with Crippen LogP contribution in [0.4, 0.5) is 5.88 Å². The molecule has 1 amide bonds. The summed E-state index contributed by atoms with van der Waals surface area (Å²) in [6.45, 7) is 5.04. The highest BCUT2D eigenvalue weighted by molar-refractivity contribution is 5.91. The van der Waals surface area contributed by atoms with Crippen molar-refractivity contribution < 1.29 is 14.1 Å². The van der Waals surface area contributed by atoms with Crippen LogP contribution in [0.5, 0.6) is 0 Å². The fourth-order valence-corrected chi connectivity index (χ4v) is 2.44. The van der Waals surface area contributed by atoms with E-state index in [9.17, 15) is 14.9 Å². The van der Waals surface area contributed by atoms with E-state index in [1.807, 2.05) is 6.92 Å². The Hall–Kier alpha value is -1.89. The average Bonchev–Trinajstić information content (AvgIpc) is 2.95. The topological polar surface area (TPSA) is 88.6 Å². The van der Waals surface area contributed by atoms with Crippen LogP contribution < -0.4 is 5.32 Å². The molecule has 2 rings (SSSR count). The normalized spacial score (nSPS) is 18.8. The minimum atomic E-state index is -0.641. The van der Waals surface area contributed by atoms with Gasteiger partial charge in [0.2, 0.25) is 0 Å². The van der Waals surface area contributed by atoms with E-state index in [1.165, 1.54) is 12.1 Å².